The van der Waals surface area contributed by atoms with Gasteiger partial charge in [-0.25, -0.2) is 4.98 Å². The highest BCUT2D eigenvalue weighted by Crippen LogP contribution is 2.42. The Balaban J connectivity index is 2.01. The van der Waals surface area contributed by atoms with E-state index in [4.69, 9.17) is 1.37 Å². The van der Waals surface area contributed by atoms with Crippen molar-refractivity contribution in [1.29, 1.82) is 0 Å². The first-order valence-corrected chi connectivity index (χ1v) is 4.46. The lowest BCUT2D eigenvalue weighted by atomic mass is 10.1. The summed E-state index contributed by atoms with van der Waals surface area (Å²) in [4.78, 5) is 6.46. The molecule has 1 aromatic heterocycles. The topological polar surface area (TPSA) is 47.1 Å². The number of imidazole rings is 1. The molecule has 1 aromatic carbocycles. The lowest BCUT2D eigenvalue weighted by Crippen LogP contribution is -2.25. The second-order valence-electron chi connectivity index (χ2n) is 3.23. The third-order valence-electron chi connectivity index (χ3n) is 2.15. The molecular weight excluding hydrogens is 218 g/mol. The van der Waals surface area contributed by atoms with Gasteiger partial charge in [-0.05, 0) is 18.2 Å². The van der Waals surface area contributed by atoms with E-state index in [1.807, 2.05) is 0 Å². The lowest BCUT2D eigenvalue weighted by Gasteiger charge is -2.04. The zero-order valence-electron chi connectivity index (χ0n) is 8.83. The fourth-order valence-corrected chi connectivity index (χ4v) is 1.48. The van der Waals surface area contributed by atoms with Crippen LogP contribution in [0.25, 0.3) is 11.3 Å². The molecule has 1 aliphatic heterocycles. The summed E-state index contributed by atoms with van der Waals surface area (Å²) in [5.41, 5.74) is 1.05. The molecule has 0 spiro atoms. The molecule has 1 N–H and O–H groups in total. The van der Waals surface area contributed by atoms with Gasteiger partial charge >= 0.3 is 6.29 Å². The van der Waals surface area contributed by atoms with Crippen LogP contribution in [0.3, 0.4) is 0 Å². The highest BCUT2D eigenvalue weighted by Gasteiger charge is 2.43. The Hall–Kier alpha value is -2.11. The average Bonchev–Trinajstić information content (AvgIpc) is 2.78. The van der Waals surface area contributed by atoms with Crippen molar-refractivity contribution in [3.63, 3.8) is 0 Å². The monoisotopic (exact) mass is 225 g/mol. The predicted octanol–water partition coefficient (Wildman–Crippen LogP) is 2.40. The zero-order valence-corrected chi connectivity index (χ0v) is 7.83. The van der Waals surface area contributed by atoms with Crippen LogP contribution in [0.2, 0.25) is 0 Å². The number of fused-ring (bicyclic) bond motifs is 1. The Labute approximate surface area is 90.2 Å². The maximum atomic E-state index is 12.8. The number of H-pyrrole nitrogens is 1. The van der Waals surface area contributed by atoms with Crippen LogP contribution in [0.1, 0.15) is 1.37 Å². The fourth-order valence-electron chi connectivity index (χ4n) is 1.48. The minimum absolute atomic E-state index is 0.00277. The molecule has 0 atom stereocenters. The predicted molar refractivity (Wildman–Crippen MR) is 50.2 cm³/mol. The normalized spacial score (nSPS) is 17.2. The quantitative estimate of drug-likeness (QED) is 0.810. The van der Waals surface area contributed by atoms with Gasteiger partial charge in [-0.15, -0.1) is 8.78 Å². The minimum Gasteiger partial charge on any atom is -0.395 e. The third-order valence-corrected chi connectivity index (χ3v) is 2.15. The molecule has 0 bridgehead atoms. The van der Waals surface area contributed by atoms with Gasteiger partial charge in [0, 0.05) is 11.8 Å². The summed E-state index contributed by atoms with van der Waals surface area (Å²) in [7, 11) is 0. The van der Waals surface area contributed by atoms with Gasteiger partial charge in [0.2, 0.25) is 0 Å². The maximum absolute atomic E-state index is 12.8. The first-order valence-electron chi connectivity index (χ1n) is 4.96. The van der Waals surface area contributed by atoms with Crippen molar-refractivity contribution >= 4 is 0 Å². The maximum Gasteiger partial charge on any atom is 0.586 e. The van der Waals surface area contributed by atoms with Crippen LogP contribution in [-0.4, -0.2) is 16.3 Å². The number of hydrogen-bond acceptors (Lipinski definition) is 3. The lowest BCUT2D eigenvalue weighted by molar-refractivity contribution is -0.286. The van der Waals surface area contributed by atoms with E-state index in [1.54, 1.807) is 6.07 Å². The van der Waals surface area contributed by atoms with Gasteiger partial charge in [-0.1, -0.05) is 0 Å². The molecule has 2 aromatic rings. The summed E-state index contributed by atoms with van der Waals surface area (Å²) in [6.07, 6.45) is -2.10. The van der Waals surface area contributed by atoms with Crippen LogP contribution >= 0.6 is 0 Å². The van der Waals surface area contributed by atoms with Crippen molar-refractivity contribution < 1.29 is 19.6 Å². The Bertz CT molecular complexity index is 585. The van der Waals surface area contributed by atoms with E-state index >= 15 is 0 Å². The molecule has 3 rings (SSSR count). The molecule has 6 heteroatoms. The van der Waals surface area contributed by atoms with Gasteiger partial charge in [-0.3, -0.25) is 0 Å². The molecule has 0 saturated heterocycles. The molecular formula is C10H6F2N2O2. The Morgan fingerprint density at radius 1 is 1.31 bits per heavy atom. The van der Waals surface area contributed by atoms with Crippen LogP contribution in [0.4, 0.5) is 8.78 Å². The molecule has 0 radical (unpaired) electrons. The SMILES string of the molecule is [2H]c1nc(-c2ccc3c(c2)OC(F)(F)O3)c[nH]1. The highest BCUT2D eigenvalue weighted by molar-refractivity contribution is 5.63. The van der Waals surface area contributed by atoms with Crippen molar-refractivity contribution in [2.75, 3.05) is 0 Å². The van der Waals surface area contributed by atoms with Gasteiger partial charge in [0.25, 0.3) is 0 Å². The van der Waals surface area contributed by atoms with Crippen molar-refractivity contribution in [3.8, 4) is 22.8 Å². The first-order chi connectivity index (χ1) is 8.03. The fraction of sp³-hybridized carbons (Fsp3) is 0.100. The number of alkyl halides is 2. The summed E-state index contributed by atoms with van der Waals surface area (Å²) in [6.45, 7) is 0. The molecule has 0 amide bonds. The number of nitrogens with one attached hydrogen (secondary N) is 1. The van der Waals surface area contributed by atoms with E-state index in [9.17, 15) is 8.78 Å². The van der Waals surface area contributed by atoms with Crippen molar-refractivity contribution in [3.05, 3.63) is 30.7 Å². The van der Waals surface area contributed by atoms with Gasteiger partial charge in [0.1, 0.15) is 1.37 Å². The van der Waals surface area contributed by atoms with Crippen molar-refractivity contribution in [1.82, 2.24) is 9.97 Å². The molecule has 0 unspecified atom stereocenters. The minimum atomic E-state index is -3.62. The number of aromatic nitrogens is 2. The molecule has 4 nitrogen and oxygen atoms in total. The smallest absolute Gasteiger partial charge is 0.395 e. The second kappa shape index (κ2) is 2.94. The van der Waals surface area contributed by atoms with E-state index in [1.165, 1.54) is 18.3 Å². The van der Waals surface area contributed by atoms with Crippen LogP contribution in [0.5, 0.6) is 11.5 Å². The van der Waals surface area contributed by atoms with Gasteiger partial charge in [0.05, 0.1) is 12.0 Å². The second-order valence-corrected chi connectivity index (χ2v) is 3.23. The number of benzene rings is 1. The van der Waals surface area contributed by atoms with E-state index in [-0.39, 0.29) is 17.8 Å². The number of halogens is 2. The zero-order chi connectivity index (χ0) is 12.0. The summed E-state index contributed by atoms with van der Waals surface area (Å²) in [5, 5.41) is 0. The van der Waals surface area contributed by atoms with Crippen molar-refractivity contribution in [2.24, 2.45) is 0 Å². The average molecular weight is 225 g/mol. The van der Waals surface area contributed by atoms with E-state index in [0.717, 1.165) is 0 Å². The van der Waals surface area contributed by atoms with Gasteiger partial charge in [0.15, 0.2) is 11.5 Å². The Kier molecular flexibility index (Phi) is 1.49. The number of ether oxygens (including phenoxy) is 2. The third kappa shape index (κ3) is 1.39. The largest absolute Gasteiger partial charge is 0.586 e. The van der Waals surface area contributed by atoms with Gasteiger partial charge < -0.3 is 14.5 Å². The molecule has 0 aliphatic carbocycles. The Morgan fingerprint density at radius 2 is 2.12 bits per heavy atom. The van der Waals surface area contributed by atoms with Crippen LogP contribution in [0, 0.1) is 0 Å². The molecule has 16 heavy (non-hydrogen) atoms. The molecule has 82 valence electrons. The van der Waals surface area contributed by atoms with Crippen molar-refractivity contribution in [2.45, 2.75) is 6.29 Å². The number of aromatic amines is 1. The number of hydrogen-bond donors (Lipinski definition) is 1. The van der Waals surface area contributed by atoms with Crippen LogP contribution in [-0.2, 0) is 0 Å². The Morgan fingerprint density at radius 3 is 2.88 bits per heavy atom. The molecule has 2 heterocycles. The number of nitrogens with zero attached hydrogens (tertiary/aromatic N) is 1. The standard InChI is InChI=1S/C10H6F2N2O2/c11-10(12)15-8-2-1-6(3-9(8)16-10)7-4-13-5-14-7/h1-5H,(H,13,14)/i5D. The molecule has 0 saturated carbocycles. The molecule has 0 fully saturated rings. The van der Waals surface area contributed by atoms with Crippen LogP contribution < -0.4 is 9.47 Å². The summed E-state index contributed by atoms with van der Waals surface area (Å²) < 4.78 is 41.4. The summed E-state index contributed by atoms with van der Waals surface area (Å²) in [6, 6.07) is 4.34. The molecule has 1 aliphatic rings. The number of rotatable bonds is 1. The first kappa shape index (κ1) is 8.09. The van der Waals surface area contributed by atoms with E-state index < -0.39 is 6.29 Å². The van der Waals surface area contributed by atoms with Crippen LogP contribution in [0.15, 0.2) is 30.7 Å². The highest BCUT2D eigenvalue weighted by atomic mass is 19.3. The summed E-state index contributed by atoms with van der Waals surface area (Å²) in [5.74, 6) is -0.0533. The summed E-state index contributed by atoms with van der Waals surface area (Å²) >= 11 is 0. The van der Waals surface area contributed by atoms with E-state index in [2.05, 4.69) is 19.4 Å². The van der Waals surface area contributed by atoms with Gasteiger partial charge in [-0.2, -0.15) is 0 Å². The van der Waals surface area contributed by atoms with E-state index in [0.29, 0.717) is 11.3 Å².